The minimum Gasteiger partial charge on any atom is -0.306 e. The second-order valence-electron chi connectivity index (χ2n) is 4.27. The Morgan fingerprint density at radius 2 is 2.00 bits per heavy atom. The van der Waals surface area contributed by atoms with E-state index in [0.717, 1.165) is 5.75 Å². The molecule has 0 aliphatic rings. The highest BCUT2D eigenvalue weighted by atomic mass is 32.1. The van der Waals surface area contributed by atoms with Gasteiger partial charge in [0.1, 0.15) is 0 Å². The van der Waals surface area contributed by atoms with Crippen LogP contribution in [0.15, 0.2) is 17.5 Å². The molecule has 0 bridgehead atoms. The maximum Gasteiger partial charge on any atom is 0.00579 e. The Kier molecular flexibility index (Phi) is 7.99. The molecule has 1 heterocycles. The van der Waals surface area contributed by atoms with Crippen molar-refractivity contribution in [2.75, 3.05) is 25.9 Å². The van der Waals surface area contributed by atoms with Crippen LogP contribution in [0, 0.1) is 0 Å². The highest BCUT2D eigenvalue weighted by molar-refractivity contribution is 7.80. The molecule has 1 aromatic rings. The molecule has 0 atom stereocenters. The minimum absolute atomic E-state index is 1.04. The molecule has 0 N–H and O–H groups in total. The fourth-order valence-corrected chi connectivity index (χ4v) is 2.64. The summed E-state index contributed by atoms with van der Waals surface area (Å²) >= 11 is 6.09. The number of unbranched alkanes of at least 4 members (excludes halogenated alkanes) is 3. The highest BCUT2D eigenvalue weighted by Crippen LogP contribution is 2.09. The van der Waals surface area contributed by atoms with Crippen molar-refractivity contribution in [3.63, 3.8) is 0 Å². The highest BCUT2D eigenvalue weighted by Gasteiger charge is 1.99. The lowest BCUT2D eigenvalue weighted by atomic mass is 10.2. The van der Waals surface area contributed by atoms with E-state index in [1.54, 1.807) is 0 Å². The van der Waals surface area contributed by atoms with E-state index >= 15 is 0 Å². The van der Waals surface area contributed by atoms with Crippen LogP contribution < -0.4 is 0 Å². The fraction of sp³-hybridized carbons (Fsp3) is 0.692. The molecule has 0 amide bonds. The third-order valence-corrected chi connectivity index (χ3v) is 4.02. The number of hydrogen-bond donors (Lipinski definition) is 1. The van der Waals surface area contributed by atoms with Gasteiger partial charge in [-0.25, -0.2) is 0 Å². The summed E-state index contributed by atoms with van der Waals surface area (Å²) in [7, 11) is 2.23. The van der Waals surface area contributed by atoms with Gasteiger partial charge in [0.2, 0.25) is 0 Å². The maximum atomic E-state index is 4.22. The number of nitrogens with zero attached hydrogens (tertiary/aromatic N) is 1. The fourth-order valence-electron chi connectivity index (χ4n) is 1.71. The van der Waals surface area contributed by atoms with E-state index < -0.39 is 0 Å². The van der Waals surface area contributed by atoms with Crippen molar-refractivity contribution in [3.8, 4) is 0 Å². The predicted octanol–water partition coefficient (Wildman–Crippen LogP) is 3.71. The zero-order valence-electron chi connectivity index (χ0n) is 10.2. The summed E-state index contributed by atoms with van der Waals surface area (Å²) in [6, 6.07) is 4.36. The van der Waals surface area contributed by atoms with Gasteiger partial charge in [0.05, 0.1) is 0 Å². The first-order chi connectivity index (χ1) is 7.83. The van der Waals surface area contributed by atoms with E-state index in [9.17, 15) is 0 Å². The molecule has 1 rings (SSSR count). The summed E-state index contributed by atoms with van der Waals surface area (Å²) in [4.78, 5) is 3.95. The summed E-state index contributed by atoms with van der Waals surface area (Å²) in [5, 5.41) is 2.16. The van der Waals surface area contributed by atoms with Gasteiger partial charge >= 0.3 is 0 Å². The van der Waals surface area contributed by atoms with Crippen LogP contribution in [-0.4, -0.2) is 30.8 Å². The standard InChI is InChI=1S/C13H23NS2/c1-14(9-4-2-3-5-11-15)10-8-13-7-6-12-16-13/h6-7,12,15H,2-5,8-11H2,1H3. The molecule has 0 aliphatic carbocycles. The lowest BCUT2D eigenvalue weighted by molar-refractivity contribution is 0.329. The van der Waals surface area contributed by atoms with E-state index in [-0.39, 0.29) is 0 Å². The average Bonchev–Trinajstić information content (AvgIpc) is 2.79. The predicted molar refractivity (Wildman–Crippen MR) is 77.8 cm³/mol. The molecule has 0 aromatic carbocycles. The topological polar surface area (TPSA) is 3.24 Å². The van der Waals surface area contributed by atoms with Gasteiger partial charge in [-0.2, -0.15) is 12.6 Å². The molecular formula is C13H23NS2. The first kappa shape index (κ1) is 14.1. The van der Waals surface area contributed by atoms with Crippen molar-refractivity contribution in [3.05, 3.63) is 22.4 Å². The Morgan fingerprint density at radius 1 is 1.19 bits per heavy atom. The lowest BCUT2D eigenvalue weighted by Crippen LogP contribution is -2.22. The summed E-state index contributed by atoms with van der Waals surface area (Å²) in [6.07, 6.45) is 6.48. The van der Waals surface area contributed by atoms with Gasteiger partial charge in [-0.1, -0.05) is 18.9 Å². The molecule has 1 nitrogen and oxygen atoms in total. The van der Waals surface area contributed by atoms with Crippen LogP contribution in [0.5, 0.6) is 0 Å². The second-order valence-corrected chi connectivity index (χ2v) is 5.75. The zero-order chi connectivity index (χ0) is 11.6. The third-order valence-electron chi connectivity index (χ3n) is 2.77. The van der Waals surface area contributed by atoms with Gasteiger partial charge in [0.25, 0.3) is 0 Å². The van der Waals surface area contributed by atoms with E-state index in [0.29, 0.717) is 0 Å². The van der Waals surface area contributed by atoms with Crippen LogP contribution >= 0.6 is 24.0 Å². The number of rotatable bonds is 9. The number of thiophene rings is 1. The van der Waals surface area contributed by atoms with Gasteiger partial charge in [0.15, 0.2) is 0 Å². The second kappa shape index (κ2) is 9.08. The monoisotopic (exact) mass is 257 g/mol. The minimum atomic E-state index is 1.04. The van der Waals surface area contributed by atoms with E-state index in [4.69, 9.17) is 0 Å². The Morgan fingerprint density at radius 3 is 2.69 bits per heavy atom. The van der Waals surface area contributed by atoms with Crippen LogP contribution in [0.25, 0.3) is 0 Å². The quantitative estimate of drug-likeness (QED) is 0.521. The molecule has 0 unspecified atom stereocenters. The number of thiol groups is 1. The molecule has 92 valence electrons. The SMILES string of the molecule is CN(CCCCCCS)CCc1cccs1. The Bertz CT molecular complexity index is 246. The largest absolute Gasteiger partial charge is 0.306 e. The summed E-state index contributed by atoms with van der Waals surface area (Å²) < 4.78 is 0. The molecule has 3 heteroatoms. The first-order valence-corrected chi connectivity index (χ1v) is 7.66. The Labute approximate surface area is 109 Å². The van der Waals surface area contributed by atoms with Crippen molar-refractivity contribution in [2.45, 2.75) is 32.1 Å². The van der Waals surface area contributed by atoms with E-state index in [2.05, 4.69) is 42.1 Å². The number of hydrogen-bond acceptors (Lipinski definition) is 3. The molecule has 0 saturated heterocycles. The van der Waals surface area contributed by atoms with Gasteiger partial charge in [-0.15, -0.1) is 11.3 Å². The molecule has 16 heavy (non-hydrogen) atoms. The summed E-state index contributed by atoms with van der Waals surface area (Å²) in [5.41, 5.74) is 0. The molecule has 0 saturated carbocycles. The average molecular weight is 257 g/mol. The molecule has 0 spiro atoms. The molecule has 0 radical (unpaired) electrons. The van der Waals surface area contributed by atoms with Crippen molar-refractivity contribution in [1.29, 1.82) is 0 Å². The van der Waals surface area contributed by atoms with Gasteiger partial charge in [-0.05, 0) is 50.1 Å². The maximum absolute atomic E-state index is 4.22. The summed E-state index contributed by atoms with van der Waals surface area (Å²) in [5.74, 6) is 1.04. The van der Waals surface area contributed by atoms with Crippen LogP contribution in [0.4, 0.5) is 0 Å². The van der Waals surface area contributed by atoms with Crippen molar-refractivity contribution < 1.29 is 0 Å². The van der Waals surface area contributed by atoms with Crippen LogP contribution in [0.2, 0.25) is 0 Å². The molecular weight excluding hydrogens is 234 g/mol. The van der Waals surface area contributed by atoms with Crippen molar-refractivity contribution in [2.24, 2.45) is 0 Å². The lowest BCUT2D eigenvalue weighted by Gasteiger charge is -2.15. The van der Waals surface area contributed by atoms with Crippen molar-refractivity contribution in [1.82, 2.24) is 4.90 Å². The van der Waals surface area contributed by atoms with Gasteiger partial charge in [0, 0.05) is 11.4 Å². The normalized spacial score (nSPS) is 11.2. The van der Waals surface area contributed by atoms with Crippen LogP contribution in [0.1, 0.15) is 30.6 Å². The van der Waals surface area contributed by atoms with Crippen LogP contribution in [0.3, 0.4) is 0 Å². The molecule has 0 fully saturated rings. The molecule has 1 aromatic heterocycles. The van der Waals surface area contributed by atoms with Gasteiger partial charge < -0.3 is 4.90 Å². The summed E-state index contributed by atoms with van der Waals surface area (Å²) in [6.45, 7) is 2.42. The van der Waals surface area contributed by atoms with Crippen LogP contribution in [-0.2, 0) is 6.42 Å². The zero-order valence-corrected chi connectivity index (χ0v) is 11.9. The third kappa shape index (κ3) is 6.56. The molecule has 0 aliphatic heterocycles. The smallest absolute Gasteiger partial charge is 0.00579 e. The number of likely N-dealkylation sites (N-methyl/N-ethyl adjacent to an activating group) is 1. The van der Waals surface area contributed by atoms with Gasteiger partial charge in [-0.3, -0.25) is 0 Å². The van der Waals surface area contributed by atoms with E-state index in [1.165, 1.54) is 50.1 Å². The first-order valence-electron chi connectivity index (χ1n) is 6.14. The van der Waals surface area contributed by atoms with Crippen molar-refractivity contribution >= 4 is 24.0 Å². The Balaban J connectivity index is 1.96. The Hall–Kier alpha value is 0.01000. The van der Waals surface area contributed by atoms with E-state index in [1.807, 2.05) is 11.3 Å².